The lowest BCUT2D eigenvalue weighted by Crippen LogP contribution is -2.40. The predicted octanol–water partition coefficient (Wildman–Crippen LogP) is 2.60. The van der Waals surface area contributed by atoms with Crippen molar-refractivity contribution in [2.45, 2.75) is 25.3 Å². The second-order valence-corrected chi connectivity index (χ2v) is 7.32. The maximum absolute atomic E-state index is 13.8. The predicted molar refractivity (Wildman–Crippen MR) is 102 cm³/mol. The van der Waals surface area contributed by atoms with Crippen molar-refractivity contribution in [1.29, 1.82) is 0 Å². The van der Waals surface area contributed by atoms with E-state index < -0.39 is 5.54 Å². The number of aliphatic hydroxyl groups is 1. The number of nitrogens with one attached hydrogen (secondary N) is 2. The molecule has 0 radical (unpaired) electrons. The fourth-order valence-electron chi connectivity index (χ4n) is 3.64. The van der Waals surface area contributed by atoms with Crippen LogP contribution in [0, 0.1) is 12.7 Å². The van der Waals surface area contributed by atoms with Crippen LogP contribution in [0.5, 0.6) is 0 Å². The summed E-state index contributed by atoms with van der Waals surface area (Å²) in [5, 5.41) is 20.0. The number of amides is 1. The van der Waals surface area contributed by atoms with Crippen molar-refractivity contribution in [3.63, 3.8) is 0 Å². The van der Waals surface area contributed by atoms with E-state index in [1.807, 2.05) is 17.6 Å². The SMILES string of the molecule is Cc1nc(C(=O)NC2(CO)CC2)ccc1-n1c2ccc(F)cc2c2[nH]ncc21. The largest absolute Gasteiger partial charge is 0.394 e. The van der Waals surface area contributed by atoms with E-state index in [0.717, 1.165) is 40.5 Å². The van der Waals surface area contributed by atoms with Crippen LogP contribution >= 0.6 is 0 Å². The fraction of sp³-hybridized carbons (Fsp3) is 0.250. The van der Waals surface area contributed by atoms with Gasteiger partial charge in [0.2, 0.25) is 0 Å². The fourth-order valence-corrected chi connectivity index (χ4v) is 3.64. The molecule has 4 aromatic rings. The number of aromatic amines is 1. The number of hydrogen-bond acceptors (Lipinski definition) is 4. The molecule has 7 nitrogen and oxygen atoms in total. The number of pyridine rings is 1. The maximum atomic E-state index is 13.8. The molecule has 1 aliphatic carbocycles. The molecule has 1 fully saturated rings. The molecule has 3 N–H and O–H groups in total. The van der Waals surface area contributed by atoms with Gasteiger partial charge in [-0.3, -0.25) is 9.89 Å². The normalized spacial score (nSPS) is 15.2. The molecule has 28 heavy (non-hydrogen) atoms. The molecule has 142 valence electrons. The second-order valence-electron chi connectivity index (χ2n) is 7.32. The number of carbonyl (C=O) groups is 1. The highest BCUT2D eigenvalue weighted by Gasteiger charge is 2.43. The van der Waals surface area contributed by atoms with Crippen molar-refractivity contribution in [2.24, 2.45) is 0 Å². The molecule has 0 bridgehead atoms. The average Bonchev–Trinajstić information content (AvgIpc) is 3.17. The van der Waals surface area contributed by atoms with Crippen molar-refractivity contribution in [1.82, 2.24) is 25.1 Å². The number of hydrogen-bond donors (Lipinski definition) is 3. The molecule has 1 amide bonds. The first-order chi connectivity index (χ1) is 13.5. The van der Waals surface area contributed by atoms with E-state index in [9.17, 15) is 14.3 Å². The highest BCUT2D eigenvalue weighted by Crippen LogP contribution is 2.35. The molecule has 3 heterocycles. The summed E-state index contributed by atoms with van der Waals surface area (Å²) in [5.41, 5.74) is 3.62. The van der Waals surface area contributed by atoms with Gasteiger partial charge in [0.15, 0.2) is 0 Å². The lowest BCUT2D eigenvalue weighted by atomic mass is 10.2. The zero-order valence-corrected chi connectivity index (χ0v) is 15.2. The van der Waals surface area contributed by atoms with E-state index in [0.29, 0.717) is 11.4 Å². The number of aromatic nitrogens is 4. The Morgan fingerprint density at radius 2 is 2.14 bits per heavy atom. The molecular weight excluding hydrogens is 361 g/mol. The molecule has 1 saturated carbocycles. The Bertz CT molecular complexity index is 1240. The Hall–Kier alpha value is -3.26. The van der Waals surface area contributed by atoms with E-state index >= 15 is 0 Å². The summed E-state index contributed by atoms with van der Waals surface area (Å²) < 4.78 is 15.7. The lowest BCUT2D eigenvalue weighted by Gasteiger charge is -2.15. The monoisotopic (exact) mass is 379 g/mol. The minimum absolute atomic E-state index is 0.0693. The lowest BCUT2D eigenvalue weighted by molar-refractivity contribution is 0.0901. The van der Waals surface area contributed by atoms with Gasteiger partial charge in [0.25, 0.3) is 5.91 Å². The molecule has 0 unspecified atom stereocenters. The van der Waals surface area contributed by atoms with Crippen LogP contribution in [0.3, 0.4) is 0 Å². The number of carbonyl (C=O) groups excluding carboxylic acids is 1. The third-order valence-electron chi connectivity index (χ3n) is 5.40. The van der Waals surface area contributed by atoms with Crippen molar-refractivity contribution >= 4 is 27.8 Å². The first kappa shape index (κ1) is 16.9. The molecule has 5 rings (SSSR count). The molecule has 3 aromatic heterocycles. The van der Waals surface area contributed by atoms with Gasteiger partial charge in [-0.2, -0.15) is 5.10 Å². The van der Waals surface area contributed by atoms with Crippen molar-refractivity contribution in [2.75, 3.05) is 6.61 Å². The molecule has 1 aromatic carbocycles. The third kappa shape index (κ3) is 2.49. The smallest absolute Gasteiger partial charge is 0.270 e. The summed E-state index contributed by atoms with van der Waals surface area (Å²) in [7, 11) is 0. The van der Waals surface area contributed by atoms with E-state index in [2.05, 4.69) is 20.5 Å². The molecule has 0 atom stereocenters. The second kappa shape index (κ2) is 5.87. The van der Waals surface area contributed by atoms with Gasteiger partial charge < -0.3 is 15.0 Å². The van der Waals surface area contributed by atoms with E-state index in [1.54, 1.807) is 18.3 Å². The Labute approximate surface area is 159 Å². The summed E-state index contributed by atoms with van der Waals surface area (Å²) in [5.74, 6) is -0.616. The van der Waals surface area contributed by atoms with Crippen molar-refractivity contribution in [3.05, 3.63) is 53.7 Å². The van der Waals surface area contributed by atoms with Crippen LogP contribution in [0.2, 0.25) is 0 Å². The molecule has 8 heteroatoms. The average molecular weight is 379 g/mol. The van der Waals surface area contributed by atoms with Crippen LogP contribution in [-0.4, -0.2) is 42.9 Å². The van der Waals surface area contributed by atoms with Gasteiger partial charge in [-0.15, -0.1) is 0 Å². The zero-order valence-electron chi connectivity index (χ0n) is 15.2. The number of rotatable bonds is 4. The van der Waals surface area contributed by atoms with Crippen LogP contribution < -0.4 is 5.32 Å². The highest BCUT2D eigenvalue weighted by molar-refractivity contribution is 6.07. The maximum Gasteiger partial charge on any atom is 0.270 e. The highest BCUT2D eigenvalue weighted by atomic mass is 19.1. The van der Waals surface area contributed by atoms with Gasteiger partial charge >= 0.3 is 0 Å². The zero-order chi connectivity index (χ0) is 19.5. The van der Waals surface area contributed by atoms with E-state index in [1.165, 1.54) is 12.1 Å². The van der Waals surface area contributed by atoms with Crippen molar-refractivity contribution in [3.8, 4) is 5.69 Å². The minimum atomic E-state index is -0.491. The summed E-state index contributed by atoms with van der Waals surface area (Å²) >= 11 is 0. The number of aliphatic hydroxyl groups excluding tert-OH is 1. The quantitative estimate of drug-likeness (QED) is 0.508. The van der Waals surface area contributed by atoms with Crippen molar-refractivity contribution < 1.29 is 14.3 Å². The number of aryl methyl sites for hydroxylation is 1. The van der Waals surface area contributed by atoms with E-state index in [-0.39, 0.29) is 18.3 Å². The summed E-state index contributed by atoms with van der Waals surface area (Å²) in [4.78, 5) is 17.0. The standard InChI is InChI=1S/C20H18FN5O2/c1-11-15(5-3-14(23-11)19(28)24-20(10-27)6-7-20)26-16-4-2-12(21)8-13(16)18-17(26)9-22-25-18/h2-5,8-9,27H,6-7,10H2,1H3,(H,22,25)(H,24,28). The molecule has 0 aliphatic heterocycles. The Morgan fingerprint density at radius 3 is 2.86 bits per heavy atom. The summed E-state index contributed by atoms with van der Waals surface area (Å²) in [6.45, 7) is 1.76. The van der Waals surface area contributed by atoms with Crippen LogP contribution in [0.15, 0.2) is 36.5 Å². The van der Waals surface area contributed by atoms with Gasteiger partial charge in [0.1, 0.15) is 11.5 Å². The molecule has 0 spiro atoms. The number of halogens is 1. The third-order valence-corrected chi connectivity index (χ3v) is 5.40. The number of H-pyrrole nitrogens is 1. The van der Waals surface area contributed by atoms with Gasteiger partial charge in [0, 0.05) is 5.39 Å². The summed E-state index contributed by atoms with van der Waals surface area (Å²) in [6.07, 6.45) is 3.23. The molecule has 0 saturated heterocycles. The Morgan fingerprint density at radius 1 is 1.32 bits per heavy atom. The molecular formula is C20H18FN5O2. The minimum Gasteiger partial charge on any atom is -0.394 e. The van der Waals surface area contributed by atoms with Crippen LogP contribution in [0.4, 0.5) is 4.39 Å². The van der Waals surface area contributed by atoms with Crippen LogP contribution in [-0.2, 0) is 0 Å². The van der Waals surface area contributed by atoms with E-state index in [4.69, 9.17) is 0 Å². The van der Waals surface area contributed by atoms with Crippen LogP contribution in [0.25, 0.3) is 27.6 Å². The Kier molecular flexibility index (Phi) is 3.54. The van der Waals surface area contributed by atoms with Gasteiger partial charge in [-0.25, -0.2) is 9.37 Å². The number of fused-ring (bicyclic) bond motifs is 3. The van der Waals surface area contributed by atoms with Gasteiger partial charge in [-0.05, 0) is 50.1 Å². The number of benzene rings is 1. The topological polar surface area (TPSA) is 95.8 Å². The summed E-state index contributed by atoms with van der Waals surface area (Å²) in [6, 6.07) is 8.09. The van der Waals surface area contributed by atoms with Gasteiger partial charge in [0.05, 0.1) is 46.3 Å². The first-order valence-corrected chi connectivity index (χ1v) is 9.06. The first-order valence-electron chi connectivity index (χ1n) is 9.06. The molecule has 1 aliphatic rings. The Balaban J connectivity index is 1.60. The van der Waals surface area contributed by atoms with Gasteiger partial charge in [-0.1, -0.05) is 0 Å². The number of nitrogens with zero attached hydrogens (tertiary/aromatic N) is 3. The van der Waals surface area contributed by atoms with Crippen LogP contribution in [0.1, 0.15) is 29.0 Å².